The lowest BCUT2D eigenvalue weighted by Gasteiger charge is -2.06. The molecule has 1 aromatic heterocycles. The van der Waals surface area contributed by atoms with Crippen LogP contribution < -0.4 is 10.1 Å². The summed E-state index contributed by atoms with van der Waals surface area (Å²) >= 11 is 0. The van der Waals surface area contributed by atoms with Crippen LogP contribution in [-0.2, 0) is 0 Å². The minimum Gasteiger partial charge on any atom is -0.375 e. The minimum atomic E-state index is -0.506. The van der Waals surface area contributed by atoms with E-state index in [-0.39, 0.29) is 12.1 Å². The van der Waals surface area contributed by atoms with Crippen LogP contribution >= 0.6 is 0 Å². The highest BCUT2D eigenvalue weighted by Crippen LogP contribution is 2.14. The quantitative estimate of drug-likeness (QED) is 0.812. The van der Waals surface area contributed by atoms with Gasteiger partial charge in [0.15, 0.2) is 0 Å². The van der Waals surface area contributed by atoms with Crippen LogP contribution in [0.25, 0.3) is 11.0 Å². The van der Waals surface area contributed by atoms with Gasteiger partial charge in [0.25, 0.3) is 0 Å². The van der Waals surface area contributed by atoms with Crippen LogP contribution in [0.5, 0.6) is 6.01 Å². The van der Waals surface area contributed by atoms with Crippen LogP contribution in [0.3, 0.4) is 0 Å². The normalized spacial score (nSPS) is 10.7. The molecule has 2 rings (SSSR count). The Kier molecular flexibility index (Phi) is 2.76. The number of nitrogens with one attached hydrogen (secondary N) is 2. The largest absolute Gasteiger partial charge is 0.415 e. The number of carbonyl (C=O) groups is 1. The molecule has 0 radical (unpaired) electrons. The highest BCUT2D eigenvalue weighted by Gasteiger charge is 2.09. The SMILES string of the molecule is CC(C)NC(=O)Oc1nc2ccccc2[nH]1. The summed E-state index contributed by atoms with van der Waals surface area (Å²) in [7, 11) is 0. The Morgan fingerprint density at radius 1 is 1.44 bits per heavy atom. The number of rotatable bonds is 2. The lowest BCUT2D eigenvalue weighted by atomic mass is 10.3. The van der Waals surface area contributed by atoms with E-state index in [2.05, 4.69) is 15.3 Å². The molecule has 2 aromatic rings. The van der Waals surface area contributed by atoms with Gasteiger partial charge in [-0.05, 0) is 26.0 Å². The van der Waals surface area contributed by atoms with Crippen LogP contribution in [-0.4, -0.2) is 22.1 Å². The van der Waals surface area contributed by atoms with Crippen molar-refractivity contribution in [2.75, 3.05) is 0 Å². The smallest absolute Gasteiger partial charge is 0.375 e. The molecular weight excluding hydrogens is 206 g/mol. The van der Waals surface area contributed by atoms with Gasteiger partial charge in [-0.2, -0.15) is 4.98 Å². The number of ether oxygens (including phenoxy) is 1. The molecule has 16 heavy (non-hydrogen) atoms. The number of amides is 1. The van der Waals surface area contributed by atoms with Gasteiger partial charge in [0, 0.05) is 6.04 Å². The zero-order valence-corrected chi connectivity index (χ0v) is 9.15. The lowest BCUT2D eigenvalue weighted by Crippen LogP contribution is -2.32. The maximum Gasteiger partial charge on any atom is 0.415 e. The molecule has 0 aliphatic heterocycles. The topological polar surface area (TPSA) is 67.0 Å². The third-order valence-corrected chi connectivity index (χ3v) is 1.96. The van der Waals surface area contributed by atoms with E-state index in [0.29, 0.717) is 0 Å². The Morgan fingerprint density at radius 3 is 2.88 bits per heavy atom. The minimum absolute atomic E-state index is 0.0388. The highest BCUT2D eigenvalue weighted by atomic mass is 16.6. The number of imidazole rings is 1. The molecule has 0 spiro atoms. The Bertz CT molecular complexity index is 472. The Labute approximate surface area is 92.8 Å². The Balaban J connectivity index is 2.12. The summed E-state index contributed by atoms with van der Waals surface area (Å²) in [5.41, 5.74) is 1.62. The van der Waals surface area contributed by atoms with Gasteiger partial charge in [-0.15, -0.1) is 0 Å². The number of carbonyl (C=O) groups excluding carboxylic acids is 1. The van der Waals surface area contributed by atoms with Crippen molar-refractivity contribution in [3.05, 3.63) is 24.3 Å². The number of benzene rings is 1. The number of para-hydroxylation sites is 2. The molecule has 5 heteroatoms. The van der Waals surface area contributed by atoms with E-state index >= 15 is 0 Å². The number of aromatic nitrogens is 2. The van der Waals surface area contributed by atoms with Gasteiger partial charge >= 0.3 is 12.1 Å². The Morgan fingerprint density at radius 2 is 2.19 bits per heavy atom. The van der Waals surface area contributed by atoms with Crippen molar-refractivity contribution in [1.29, 1.82) is 0 Å². The molecule has 1 heterocycles. The van der Waals surface area contributed by atoms with Crippen LogP contribution in [0.15, 0.2) is 24.3 Å². The van der Waals surface area contributed by atoms with Crippen LogP contribution in [0.4, 0.5) is 4.79 Å². The van der Waals surface area contributed by atoms with Gasteiger partial charge < -0.3 is 15.0 Å². The molecule has 0 saturated carbocycles. The number of nitrogens with zero attached hydrogens (tertiary/aromatic N) is 1. The van der Waals surface area contributed by atoms with Crippen LogP contribution in [0.1, 0.15) is 13.8 Å². The summed E-state index contributed by atoms with van der Waals surface area (Å²) in [6.45, 7) is 3.72. The first-order valence-corrected chi connectivity index (χ1v) is 5.08. The second-order valence-corrected chi connectivity index (χ2v) is 3.75. The fraction of sp³-hybridized carbons (Fsp3) is 0.273. The molecule has 0 aliphatic rings. The van der Waals surface area contributed by atoms with Crippen molar-refractivity contribution in [3.63, 3.8) is 0 Å². The first-order valence-electron chi connectivity index (χ1n) is 5.08. The monoisotopic (exact) mass is 219 g/mol. The fourth-order valence-electron chi connectivity index (χ4n) is 1.33. The predicted molar refractivity (Wildman–Crippen MR) is 60.4 cm³/mol. The van der Waals surface area contributed by atoms with E-state index in [0.717, 1.165) is 11.0 Å². The number of hydrogen-bond acceptors (Lipinski definition) is 3. The molecular formula is C11H13N3O2. The molecule has 0 unspecified atom stereocenters. The molecule has 84 valence electrons. The summed E-state index contributed by atoms with van der Waals surface area (Å²) in [5, 5.41) is 2.61. The molecule has 1 amide bonds. The number of H-pyrrole nitrogens is 1. The van der Waals surface area contributed by atoms with Gasteiger partial charge in [-0.25, -0.2) is 4.79 Å². The zero-order valence-electron chi connectivity index (χ0n) is 9.15. The average Bonchev–Trinajstić information content (AvgIpc) is 2.57. The van der Waals surface area contributed by atoms with Crippen LogP contribution in [0.2, 0.25) is 0 Å². The Hall–Kier alpha value is -2.04. The summed E-state index contributed by atoms with van der Waals surface area (Å²) in [5.74, 6) is 0. The lowest BCUT2D eigenvalue weighted by molar-refractivity contribution is 0.194. The van der Waals surface area contributed by atoms with E-state index < -0.39 is 6.09 Å². The van der Waals surface area contributed by atoms with Crippen molar-refractivity contribution in [1.82, 2.24) is 15.3 Å². The van der Waals surface area contributed by atoms with Crippen molar-refractivity contribution >= 4 is 17.1 Å². The van der Waals surface area contributed by atoms with E-state index in [1.54, 1.807) is 0 Å². The molecule has 5 nitrogen and oxygen atoms in total. The summed E-state index contributed by atoms with van der Waals surface area (Å²) in [4.78, 5) is 18.3. The predicted octanol–water partition coefficient (Wildman–Crippen LogP) is 2.06. The summed E-state index contributed by atoms with van der Waals surface area (Å²) in [6.07, 6.45) is -0.506. The van der Waals surface area contributed by atoms with Gasteiger partial charge in [-0.1, -0.05) is 12.1 Å². The molecule has 0 saturated heterocycles. The zero-order chi connectivity index (χ0) is 11.5. The molecule has 2 N–H and O–H groups in total. The average molecular weight is 219 g/mol. The summed E-state index contributed by atoms with van der Waals surface area (Å²) < 4.78 is 4.99. The van der Waals surface area contributed by atoms with Crippen molar-refractivity contribution in [2.45, 2.75) is 19.9 Å². The number of fused-ring (bicyclic) bond motifs is 1. The molecule has 1 aromatic carbocycles. The summed E-state index contributed by atoms with van der Waals surface area (Å²) in [6, 6.07) is 7.73. The van der Waals surface area contributed by atoms with E-state index in [1.165, 1.54) is 0 Å². The van der Waals surface area contributed by atoms with E-state index in [4.69, 9.17) is 4.74 Å². The van der Waals surface area contributed by atoms with E-state index in [1.807, 2.05) is 38.1 Å². The van der Waals surface area contributed by atoms with E-state index in [9.17, 15) is 4.79 Å². The molecule has 0 aliphatic carbocycles. The van der Waals surface area contributed by atoms with Gasteiger partial charge in [0.2, 0.25) is 0 Å². The van der Waals surface area contributed by atoms with Crippen molar-refractivity contribution in [3.8, 4) is 6.01 Å². The number of hydrogen-bond donors (Lipinski definition) is 2. The molecule has 0 bridgehead atoms. The highest BCUT2D eigenvalue weighted by molar-refractivity contribution is 5.77. The maximum atomic E-state index is 11.3. The van der Waals surface area contributed by atoms with Gasteiger partial charge in [0.1, 0.15) is 0 Å². The first kappa shape index (κ1) is 10.5. The third-order valence-electron chi connectivity index (χ3n) is 1.96. The standard InChI is InChI=1S/C11H13N3O2/c1-7(2)12-11(15)16-10-13-8-5-3-4-6-9(8)14-10/h3-7H,1-2H3,(H,12,15)(H,13,14). The maximum absolute atomic E-state index is 11.3. The van der Waals surface area contributed by atoms with Gasteiger partial charge in [0.05, 0.1) is 11.0 Å². The van der Waals surface area contributed by atoms with Crippen molar-refractivity contribution in [2.24, 2.45) is 0 Å². The molecule has 0 fully saturated rings. The third kappa shape index (κ3) is 2.31. The van der Waals surface area contributed by atoms with Crippen molar-refractivity contribution < 1.29 is 9.53 Å². The first-order chi connectivity index (χ1) is 7.65. The fourth-order valence-corrected chi connectivity index (χ4v) is 1.33. The number of aromatic amines is 1. The molecule has 0 atom stereocenters. The second kappa shape index (κ2) is 4.22. The van der Waals surface area contributed by atoms with Gasteiger partial charge in [-0.3, -0.25) is 0 Å². The second-order valence-electron chi connectivity index (χ2n) is 3.75. The van der Waals surface area contributed by atoms with Crippen LogP contribution in [0, 0.1) is 0 Å².